The van der Waals surface area contributed by atoms with Crippen molar-refractivity contribution in [2.24, 2.45) is 5.92 Å². The standard InChI is InChI=1S/C14H20O.C5H10.C2H6/c1-4-5-8-13-9-6-7-11(2)14(13)10-12(3)15;1-5-3-2-4-5;1-2/h6-7,9H,4-5,8,10H2,1-3H3;5H,2-4H2,1H3;1-2H3. The van der Waals surface area contributed by atoms with Gasteiger partial charge in [0.2, 0.25) is 0 Å². The molecule has 1 fully saturated rings. The van der Waals surface area contributed by atoms with Crippen LogP contribution in [0, 0.1) is 12.8 Å². The van der Waals surface area contributed by atoms with E-state index in [-0.39, 0.29) is 5.78 Å². The van der Waals surface area contributed by atoms with Gasteiger partial charge in [-0.25, -0.2) is 0 Å². The van der Waals surface area contributed by atoms with Crippen LogP contribution in [0.4, 0.5) is 0 Å². The van der Waals surface area contributed by atoms with E-state index >= 15 is 0 Å². The second kappa shape index (κ2) is 12.4. The number of unbranched alkanes of at least 4 members (excludes halogenated alkanes) is 1. The number of rotatable bonds is 5. The molecule has 0 spiro atoms. The predicted molar refractivity (Wildman–Crippen MR) is 98.5 cm³/mol. The van der Waals surface area contributed by atoms with Crippen LogP contribution in [0.15, 0.2) is 18.2 Å². The molecule has 0 N–H and O–H groups in total. The summed E-state index contributed by atoms with van der Waals surface area (Å²) < 4.78 is 0. The van der Waals surface area contributed by atoms with Gasteiger partial charge in [0, 0.05) is 6.42 Å². The number of ketones is 1. The second-order valence-corrected chi connectivity index (χ2v) is 6.23. The molecule has 0 unspecified atom stereocenters. The molecule has 0 aliphatic heterocycles. The highest BCUT2D eigenvalue weighted by Crippen LogP contribution is 2.24. The van der Waals surface area contributed by atoms with Crippen LogP contribution in [-0.4, -0.2) is 5.78 Å². The molecule has 1 aliphatic carbocycles. The Kier molecular flexibility index (Phi) is 11.8. The Labute approximate surface area is 138 Å². The first-order valence-corrected chi connectivity index (χ1v) is 9.11. The van der Waals surface area contributed by atoms with Crippen molar-refractivity contribution >= 4 is 5.78 Å². The van der Waals surface area contributed by atoms with Gasteiger partial charge in [-0.15, -0.1) is 0 Å². The van der Waals surface area contributed by atoms with Crippen molar-refractivity contribution in [1.29, 1.82) is 0 Å². The van der Waals surface area contributed by atoms with Crippen molar-refractivity contribution in [2.75, 3.05) is 0 Å². The van der Waals surface area contributed by atoms with Gasteiger partial charge in [0.25, 0.3) is 0 Å². The van der Waals surface area contributed by atoms with Gasteiger partial charge >= 0.3 is 0 Å². The van der Waals surface area contributed by atoms with Gasteiger partial charge in [0.05, 0.1) is 0 Å². The Hall–Kier alpha value is -1.11. The van der Waals surface area contributed by atoms with E-state index in [2.05, 4.69) is 39.0 Å². The topological polar surface area (TPSA) is 17.1 Å². The average Bonchev–Trinajstić information content (AvgIpc) is 2.48. The van der Waals surface area contributed by atoms with Gasteiger partial charge in [0.1, 0.15) is 5.78 Å². The zero-order valence-corrected chi connectivity index (χ0v) is 15.7. The lowest BCUT2D eigenvalue weighted by Crippen LogP contribution is -2.04. The van der Waals surface area contributed by atoms with Crippen LogP contribution in [0.1, 0.15) is 83.4 Å². The summed E-state index contributed by atoms with van der Waals surface area (Å²) >= 11 is 0. The number of Topliss-reactive ketones (excluding diaryl/α,β-unsaturated/α-hetero) is 1. The van der Waals surface area contributed by atoms with E-state index in [0.717, 1.165) is 12.3 Å². The molecule has 0 saturated heterocycles. The maximum Gasteiger partial charge on any atom is 0.134 e. The number of carbonyl (C=O) groups excluding carboxylic acids is 1. The number of benzene rings is 1. The zero-order valence-electron chi connectivity index (χ0n) is 15.7. The van der Waals surface area contributed by atoms with Crippen molar-refractivity contribution in [2.45, 2.75) is 86.5 Å². The molecule has 1 heteroatoms. The van der Waals surface area contributed by atoms with E-state index in [1.54, 1.807) is 6.92 Å². The number of hydrogen-bond acceptors (Lipinski definition) is 1. The summed E-state index contributed by atoms with van der Waals surface area (Å²) in [5, 5.41) is 0. The highest BCUT2D eigenvalue weighted by molar-refractivity contribution is 5.79. The third-order valence-corrected chi connectivity index (χ3v) is 4.13. The van der Waals surface area contributed by atoms with E-state index in [4.69, 9.17) is 0 Å². The van der Waals surface area contributed by atoms with Crippen LogP contribution in [0.3, 0.4) is 0 Å². The first kappa shape index (κ1) is 20.9. The third kappa shape index (κ3) is 8.36. The Morgan fingerprint density at radius 2 is 1.82 bits per heavy atom. The minimum Gasteiger partial charge on any atom is -0.300 e. The van der Waals surface area contributed by atoms with E-state index in [1.807, 2.05) is 13.8 Å². The maximum atomic E-state index is 11.2. The lowest BCUT2D eigenvalue weighted by molar-refractivity contribution is -0.116. The molecule has 2 rings (SSSR count). The molecule has 1 aromatic rings. The monoisotopic (exact) mass is 304 g/mol. The largest absolute Gasteiger partial charge is 0.300 e. The van der Waals surface area contributed by atoms with E-state index < -0.39 is 0 Å². The third-order valence-electron chi connectivity index (χ3n) is 4.13. The van der Waals surface area contributed by atoms with Crippen LogP contribution >= 0.6 is 0 Å². The molecular weight excluding hydrogens is 268 g/mol. The van der Waals surface area contributed by atoms with Gasteiger partial charge < -0.3 is 0 Å². The lowest BCUT2D eigenvalue weighted by Gasteiger charge is -2.18. The lowest BCUT2D eigenvalue weighted by atomic mass is 9.88. The molecule has 126 valence electrons. The summed E-state index contributed by atoms with van der Waals surface area (Å²) in [6, 6.07) is 6.33. The Balaban J connectivity index is 0.000000522. The fourth-order valence-electron chi connectivity index (χ4n) is 2.48. The minimum absolute atomic E-state index is 0.252. The number of hydrogen-bond donors (Lipinski definition) is 0. The van der Waals surface area contributed by atoms with Crippen LogP contribution < -0.4 is 0 Å². The van der Waals surface area contributed by atoms with Crippen LogP contribution in [0.2, 0.25) is 0 Å². The van der Waals surface area contributed by atoms with Gasteiger partial charge in [0.15, 0.2) is 0 Å². The van der Waals surface area contributed by atoms with Crippen molar-refractivity contribution in [3.63, 3.8) is 0 Å². The Morgan fingerprint density at radius 3 is 2.23 bits per heavy atom. The van der Waals surface area contributed by atoms with Crippen LogP contribution in [0.5, 0.6) is 0 Å². The van der Waals surface area contributed by atoms with Crippen molar-refractivity contribution in [3.05, 3.63) is 34.9 Å². The fraction of sp³-hybridized carbons (Fsp3) is 0.667. The molecule has 0 amide bonds. The van der Waals surface area contributed by atoms with Crippen molar-refractivity contribution < 1.29 is 4.79 Å². The molecule has 22 heavy (non-hydrogen) atoms. The molecule has 1 saturated carbocycles. The number of aryl methyl sites for hydroxylation is 2. The molecule has 0 aromatic heterocycles. The summed E-state index contributed by atoms with van der Waals surface area (Å²) in [5.74, 6) is 1.32. The quantitative estimate of drug-likeness (QED) is 0.623. The SMILES string of the molecule is CC.CC1CCC1.CCCCc1cccc(C)c1CC(C)=O. The second-order valence-electron chi connectivity index (χ2n) is 6.23. The Bertz CT molecular complexity index is 416. The molecule has 1 aliphatic rings. The van der Waals surface area contributed by atoms with Gasteiger partial charge in [-0.3, -0.25) is 4.79 Å². The summed E-state index contributed by atoms with van der Waals surface area (Å²) in [6.45, 7) is 12.3. The zero-order chi connectivity index (χ0) is 17.0. The van der Waals surface area contributed by atoms with E-state index in [9.17, 15) is 4.79 Å². The highest BCUT2D eigenvalue weighted by atomic mass is 16.1. The smallest absolute Gasteiger partial charge is 0.134 e. The summed E-state index contributed by atoms with van der Waals surface area (Å²) in [4.78, 5) is 11.2. The van der Waals surface area contributed by atoms with Crippen molar-refractivity contribution in [3.8, 4) is 0 Å². The first-order chi connectivity index (χ1) is 10.5. The normalized spacial score (nSPS) is 13.2. The van der Waals surface area contributed by atoms with Gasteiger partial charge in [-0.2, -0.15) is 0 Å². The molecule has 0 heterocycles. The molecule has 0 bridgehead atoms. The van der Waals surface area contributed by atoms with E-state index in [0.29, 0.717) is 6.42 Å². The molecule has 0 radical (unpaired) electrons. The van der Waals surface area contributed by atoms with Crippen LogP contribution in [0.25, 0.3) is 0 Å². The van der Waals surface area contributed by atoms with Crippen molar-refractivity contribution in [1.82, 2.24) is 0 Å². The summed E-state index contributed by atoms with van der Waals surface area (Å²) in [7, 11) is 0. The minimum atomic E-state index is 0.252. The summed E-state index contributed by atoms with van der Waals surface area (Å²) in [6.07, 6.45) is 8.55. The van der Waals surface area contributed by atoms with Crippen LogP contribution in [-0.2, 0) is 17.6 Å². The average molecular weight is 305 g/mol. The van der Waals surface area contributed by atoms with Gasteiger partial charge in [-0.05, 0) is 49.3 Å². The molecule has 1 nitrogen and oxygen atoms in total. The number of carbonyl (C=O) groups is 1. The first-order valence-electron chi connectivity index (χ1n) is 9.11. The Morgan fingerprint density at radius 1 is 1.23 bits per heavy atom. The molecular formula is C21H36O. The highest BCUT2D eigenvalue weighted by Gasteiger charge is 2.09. The molecule has 0 atom stereocenters. The van der Waals surface area contributed by atoms with Gasteiger partial charge in [-0.1, -0.05) is 71.6 Å². The van der Waals surface area contributed by atoms with E-state index in [1.165, 1.54) is 48.8 Å². The summed E-state index contributed by atoms with van der Waals surface area (Å²) in [5.41, 5.74) is 3.85. The fourth-order valence-corrected chi connectivity index (χ4v) is 2.48. The maximum absolute atomic E-state index is 11.2. The molecule has 1 aromatic carbocycles. The predicted octanol–water partition coefficient (Wildman–Crippen LogP) is 6.30.